The molecule has 3 aromatic heterocycles. The number of nitrogens with zero attached hydrogens (tertiary/aromatic N) is 6. The summed E-state index contributed by atoms with van der Waals surface area (Å²) in [6, 6.07) is 79.9. The van der Waals surface area contributed by atoms with Crippen molar-refractivity contribution >= 4 is 43.6 Å². The number of para-hydroxylation sites is 4. The Labute approximate surface area is 380 Å². The molecule has 66 heavy (non-hydrogen) atoms. The van der Waals surface area contributed by atoms with Crippen molar-refractivity contribution in [3.63, 3.8) is 0 Å². The second-order valence-corrected chi connectivity index (χ2v) is 16.4. The van der Waals surface area contributed by atoms with Gasteiger partial charge in [-0.15, -0.1) is 0 Å². The van der Waals surface area contributed by atoms with Crippen molar-refractivity contribution in [1.82, 2.24) is 19.1 Å². The number of hydrogen-bond acceptors (Lipinski definition) is 4. The predicted molar refractivity (Wildman–Crippen MR) is 267 cm³/mol. The van der Waals surface area contributed by atoms with Gasteiger partial charge in [-0.05, 0) is 90.0 Å². The molecule has 0 spiro atoms. The molecule has 9 aromatic carbocycles. The van der Waals surface area contributed by atoms with Crippen LogP contribution in [0, 0.1) is 22.7 Å². The summed E-state index contributed by atoms with van der Waals surface area (Å²) in [4.78, 5) is 10.6. The number of aromatic nitrogens is 4. The average Bonchev–Trinajstić information content (AvgIpc) is 3.91. The third-order valence-electron chi connectivity index (χ3n) is 12.6. The molecule has 3 heterocycles. The van der Waals surface area contributed by atoms with Gasteiger partial charge in [0.15, 0.2) is 5.82 Å². The molecule has 12 rings (SSSR count). The van der Waals surface area contributed by atoms with Gasteiger partial charge in [0.25, 0.3) is 0 Å². The van der Waals surface area contributed by atoms with E-state index in [-0.39, 0.29) is 0 Å². The molecule has 0 saturated heterocycles. The van der Waals surface area contributed by atoms with Crippen molar-refractivity contribution in [3.8, 4) is 79.7 Å². The third-order valence-corrected chi connectivity index (χ3v) is 12.6. The molecule has 0 atom stereocenters. The Balaban J connectivity index is 1.15. The topological polar surface area (TPSA) is 83.2 Å². The molecule has 12 aromatic rings. The van der Waals surface area contributed by atoms with Gasteiger partial charge in [-0.3, -0.25) is 0 Å². The molecule has 0 aliphatic heterocycles. The van der Waals surface area contributed by atoms with Crippen molar-refractivity contribution in [2.45, 2.75) is 0 Å². The van der Waals surface area contributed by atoms with Crippen LogP contribution in [0.15, 0.2) is 218 Å². The van der Waals surface area contributed by atoms with Crippen molar-refractivity contribution in [2.24, 2.45) is 0 Å². The summed E-state index contributed by atoms with van der Waals surface area (Å²) in [5, 5.41) is 24.2. The fourth-order valence-electron chi connectivity index (χ4n) is 9.59. The van der Waals surface area contributed by atoms with E-state index >= 15 is 0 Å². The third kappa shape index (κ3) is 6.41. The predicted octanol–water partition coefficient (Wildman–Crippen LogP) is 14.7. The van der Waals surface area contributed by atoms with Gasteiger partial charge < -0.3 is 9.13 Å². The molecule has 0 fully saturated rings. The van der Waals surface area contributed by atoms with Crippen LogP contribution in [-0.4, -0.2) is 19.1 Å². The van der Waals surface area contributed by atoms with Gasteiger partial charge in [0, 0.05) is 49.4 Å². The fraction of sp³-hybridized carbons (Fsp3) is 0. The molecule has 0 aliphatic rings. The van der Waals surface area contributed by atoms with Crippen LogP contribution in [0.3, 0.4) is 0 Å². The zero-order valence-electron chi connectivity index (χ0n) is 35.5. The molecule has 306 valence electrons. The van der Waals surface area contributed by atoms with E-state index in [9.17, 15) is 10.5 Å². The Morgan fingerprint density at radius 2 is 0.788 bits per heavy atom. The lowest BCUT2D eigenvalue weighted by atomic mass is 9.97. The van der Waals surface area contributed by atoms with Crippen molar-refractivity contribution in [1.29, 1.82) is 10.5 Å². The summed E-state index contributed by atoms with van der Waals surface area (Å²) in [5.74, 6) is 0.626. The zero-order chi connectivity index (χ0) is 44.1. The summed E-state index contributed by atoms with van der Waals surface area (Å²) < 4.78 is 4.75. The standard InChI is InChI=1S/C60H36N6/c61-37-39-31-40(38-62)33-45(32-39)43-27-29-58-50(34-43)48-21-9-14-26-57(48)66(58)59-30-28-44(60-63-52(41-15-3-1-4-16-41)36-53(64-60)42-17-5-2-6-18-42)35-51(59)49-22-10-13-25-56(49)65-54-23-11-7-19-46(54)47-20-8-12-24-55(47)65/h1-36H. The van der Waals surface area contributed by atoms with E-state index in [1.807, 2.05) is 48.5 Å². The van der Waals surface area contributed by atoms with Gasteiger partial charge in [-0.25, -0.2) is 9.97 Å². The minimum absolute atomic E-state index is 0.451. The molecule has 0 saturated carbocycles. The lowest BCUT2D eigenvalue weighted by molar-refractivity contribution is 1.15. The molecule has 0 bridgehead atoms. The number of rotatable bonds is 7. The summed E-state index contributed by atoms with van der Waals surface area (Å²) >= 11 is 0. The molecule has 0 unspecified atom stereocenters. The van der Waals surface area contributed by atoms with E-state index in [0.717, 1.165) is 94.5 Å². The number of benzene rings is 9. The lowest BCUT2D eigenvalue weighted by Crippen LogP contribution is -2.02. The minimum atomic E-state index is 0.451. The van der Waals surface area contributed by atoms with E-state index in [0.29, 0.717) is 17.0 Å². The maximum absolute atomic E-state index is 9.83. The van der Waals surface area contributed by atoms with Crippen LogP contribution in [0.1, 0.15) is 11.1 Å². The maximum atomic E-state index is 9.83. The summed E-state index contributed by atoms with van der Waals surface area (Å²) in [6.07, 6.45) is 0. The molecule has 0 radical (unpaired) electrons. The number of nitriles is 2. The van der Waals surface area contributed by atoms with Gasteiger partial charge in [-0.2, -0.15) is 10.5 Å². The minimum Gasteiger partial charge on any atom is -0.309 e. The monoisotopic (exact) mass is 840 g/mol. The Morgan fingerprint density at radius 1 is 0.318 bits per heavy atom. The quantitative estimate of drug-likeness (QED) is 0.160. The SMILES string of the molecule is N#Cc1cc(C#N)cc(-c2ccc3c(c2)c2ccccc2n3-c2ccc(-c3nc(-c4ccccc4)cc(-c4ccccc4)n3)cc2-c2ccccc2-n2c3ccccc3c3ccccc32)c1. The van der Waals surface area contributed by atoms with Crippen LogP contribution in [0.4, 0.5) is 0 Å². The van der Waals surface area contributed by atoms with Crippen LogP contribution in [-0.2, 0) is 0 Å². The molecule has 6 heteroatoms. The molecular formula is C60H36N6. The van der Waals surface area contributed by atoms with Crippen LogP contribution in [0.25, 0.3) is 111 Å². The van der Waals surface area contributed by atoms with Gasteiger partial charge >= 0.3 is 0 Å². The summed E-state index contributed by atoms with van der Waals surface area (Å²) in [7, 11) is 0. The Kier molecular flexibility index (Phi) is 9.16. The summed E-state index contributed by atoms with van der Waals surface area (Å²) in [5.41, 5.74) is 15.7. The Morgan fingerprint density at radius 3 is 1.36 bits per heavy atom. The highest BCUT2D eigenvalue weighted by molar-refractivity contribution is 6.12. The normalized spacial score (nSPS) is 11.3. The second-order valence-electron chi connectivity index (χ2n) is 16.4. The first-order chi connectivity index (χ1) is 32.6. The van der Waals surface area contributed by atoms with Crippen LogP contribution in [0.5, 0.6) is 0 Å². The van der Waals surface area contributed by atoms with Gasteiger partial charge in [0.05, 0.1) is 68.1 Å². The van der Waals surface area contributed by atoms with Crippen molar-refractivity contribution < 1.29 is 0 Å². The highest BCUT2D eigenvalue weighted by atomic mass is 15.0. The molecular weight excluding hydrogens is 805 g/mol. The zero-order valence-corrected chi connectivity index (χ0v) is 35.5. The lowest BCUT2D eigenvalue weighted by Gasteiger charge is -2.20. The number of hydrogen-bond donors (Lipinski definition) is 0. The highest BCUT2D eigenvalue weighted by Gasteiger charge is 2.22. The van der Waals surface area contributed by atoms with Crippen molar-refractivity contribution in [2.75, 3.05) is 0 Å². The first-order valence-electron chi connectivity index (χ1n) is 21.8. The maximum Gasteiger partial charge on any atom is 0.160 e. The Bertz CT molecular complexity index is 3820. The molecule has 6 nitrogen and oxygen atoms in total. The number of fused-ring (bicyclic) bond motifs is 6. The highest BCUT2D eigenvalue weighted by Crippen LogP contribution is 2.43. The van der Waals surface area contributed by atoms with E-state index < -0.39 is 0 Å². The molecule has 0 aliphatic carbocycles. The van der Waals surface area contributed by atoms with E-state index in [1.54, 1.807) is 6.07 Å². The van der Waals surface area contributed by atoms with Crippen LogP contribution >= 0.6 is 0 Å². The smallest absolute Gasteiger partial charge is 0.160 e. The van der Waals surface area contributed by atoms with Crippen LogP contribution < -0.4 is 0 Å². The second kappa shape index (κ2) is 15.8. The van der Waals surface area contributed by atoms with Gasteiger partial charge in [0.1, 0.15) is 0 Å². The first-order valence-corrected chi connectivity index (χ1v) is 21.8. The van der Waals surface area contributed by atoms with Crippen LogP contribution in [0.2, 0.25) is 0 Å². The van der Waals surface area contributed by atoms with E-state index in [1.165, 1.54) is 10.8 Å². The largest absolute Gasteiger partial charge is 0.309 e. The fourth-order valence-corrected chi connectivity index (χ4v) is 9.59. The van der Waals surface area contributed by atoms with Gasteiger partial charge in [-0.1, -0.05) is 140 Å². The Hall–Kier alpha value is -9.36. The average molecular weight is 841 g/mol. The van der Waals surface area contributed by atoms with E-state index in [2.05, 4.69) is 185 Å². The molecule has 0 N–H and O–H groups in total. The van der Waals surface area contributed by atoms with Gasteiger partial charge in [0.2, 0.25) is 0 Å². The molecule has 0 amide bonds. The first kappa shape index (κ1) is 38.3. The van der Waals surface area contributed by atoms with E-state index in [4.69, 9.17) is 9.97 Å². The summed E-state index contributed by atoms with van der Waals surface area (Å²) in [6.45, 7) is 0. The van der Waals surface area contributed by atoms with Crippen molar-refractivity contribution in [3.05, 3.63) is 230 Å².